The topological polar surface area (TPSA) is 77.1 Å². The average Bonchev–Trinajstić information content (AvgIpc) is 2.84. The molecule has 0 spiro atoms. The maximum Gasteiger partial charge on any atom is 0.268 e. The number of hydrogen-bond donors (Lipinski definition) is 2. The Morgan fingerprint density at radius 3 is 2.70 bits per heavy atom. The smallest absolute Gasteiger partial charge is 0.268 e. The molecular formula is C18H21N3O2. The molecule has 2 amide bonds. The van der Waals surface area contributed by atoms with Crippen LogP contribution in [-0.2, 0) is 11.8 Å². The van der Waals surface area contributed by atoms with Crippen LogP contribution in [0.15, 0.2) is 36.4 Å². The highest BCUT2D eigenvalue weighted by atomic mass is 16.2. The third kappa shape index (κ3) is 2.86. The van der Waals surface area contributed by atoms with E-state index in [1.165, 1.54) is 0 Å². The Hall–Kier alpha value is -2.56. The zero-order valence-electron chi connectivity index (χ0n) is 13.4. The number of aromatic nitrogens is 1. The van der Waals surface area contributed by atoms with E-state index in [4.69, 9.17) is 5.73 Å². The van der Waals surface area contributed by atoms with E-state index < -0.39 is 0 Å². The van der Waals surface area contributed by atoms with Crippen molar-refractivity contribution >= 4 is 22.7 Å². The number of primary amides is 1. The Morgan fingerprint density at radius 2 is 1.96 bits per heavy atom. The van der Waals surface area contributed by atoms with Crippen molar-refractivity contribution in [2.24, 2.45) is 18.7 Å². The molecule has 3 rings (SSSR count). The first-order valence-electron chi connectivity index (χ1n) is 7.78. The summed E-state index contributed by atoms with van der Waals surface area (Å²) < 4.78 is 1.88. The quantitative estimate of drug-likeness (QED) is 0.851. The number of rotatable bonds is 3. The fourth-order valence-electron chi connectivity index (χ4n) is 3.22. The summed E-state index contributed by atoms with van der Waals surface area (Å²) in [7, 11) is 1.87. The Morgan fingerprint density at radius 1 is 1.22 bits per heavy atom. The molecule has 1 aliphatic carbocycles. The average molecular weight is 311 g/mol. The van der Waals surface area contributed by atoms with Gasteiger partial charge in [-0.15, -0.1) is 0 Å². The van der Waals surface area contributed by atoms with Crippen LogP contribution in [0.1, 0.15) is 28.9 Å². The largest absolute Gasteiger partial charge is 0.369 e. The van der Waals surface area contributed by atoms with Crippen LogP contribution in [0.25, 0.3) is 10.9 Å². The van der Waals surface area contributed by atoms with Crippen molar-refractivity contribution in [1.29, 1.82) is 0 Å². The van der Waals surface area contributed by atoms with Gasteiger partial charge in [0, 0.05) is 24.0 Å². The van der Waals surface area contributed by atoms with Crippen molar-refractivity contribution in [1.82, 2.24) is 9.88 Å². The lowest BCUT2D eigenvalue weighted by atomic mass is 9.88. The van der Waals surface area contributed by atoms with E-state index in [-0.39, 0.29) is 23.8 Å². The van der Waals surface area contributed by atoms with E-state index in [9.17, 15) is 9.59 Å². The summed E-state index contributed by atoms with van der Waals surface area (Å²) in [6.45, 7) is 2.03. The molecule has 0 unspecified atom stereocenters. The maximum absolute atomic E-state index is 12.6. The lowest BCUT2D eigenvalue weighted by Gasteiger charge is -2.26. The number of carbonyl (C=O) groups is 2. The first-order chi connectivity index (χ1) is 11.0. The molecule has 23 heavy (non-hydrogen) atoms. The molecule has 120 valence electrons. The summed E-state index contributed by atoms with van der Waals surface area (Å²) in [5.74, 6) is -0.888. The monoisotopic (exact) mass is 311 g/mol. The second-order valence-electron chi connectivity index (χ2n) is 6.18. The summed E-state index contributed by atoms with van der Waals surface area (Å²) >= 11 is 0. The van der Waals surface area contributed by atoms with Crippen molar-refractivity contribution in [2.75, 3.05) is 0 Å². The van der Waals surface area contributed by atoms with Gasteiger partial charge in [-0.3, -0.25) is 9.59 Å². The number of benzene rings is 1. The highest BCUT2D eigenvalue weighted by Crippen LogP contribution is 2.22. The molecule has 0 bridgehead atoms. The first-order valence-corrected chi connectivity index (χ1v) is 7.78. The van der Waals surface area contributed by atoms with E-state index in [1.807, 2.05) is 48.9 Å². The lowest BCUT2D eigenvalue weighted by Crippen LogP contribution is -2.46. The molecule has 1 aromatic carbocycles. The number of amides is 2. The Labute approximate surface area is 135 Å². The second-order valence-corrected chi connectivity index (χ2v) is 6.18. The van der Waals surface area contributed by atoms with Crippen LogP contribution in [0.5, 0.6) is 0 Å². The molecule has 0 saturated heterocycles. The van der Waals surface area contributed by atoms with Crippen molar-refractivity contribution in [3.05, 3.63) is 47.7 Å². The second kappa shape index (κ2) is 5.91. The van der Waals surface area contributed by atoms with Crippen molar-refractivity contribution in [3.63, 3.8) is 0 Å². The van der Waals surface area contributed by atoms with Gasteiger partial charge in [-0.1, -0.05) is 23.8 Å². The van der Waals surface area contributed by atoms with Gasteiger partial charge in [0.05, 0.1) is 5.92 Å². The van der Waals surface area contributed by atoms with Gasteiger partial charge >= 0.3 is 0 Å². The van der Waals surface area contributed by atoms with Crippen LogP contribution in [0, 0.1) is 12.8 Å². The molecule has 1 aliphatic rings. The van der Waals surface area contributed by atoms with Crippen LogP contribution >= 0.6 is 0 Å². The fraction of sp³-hybridized carbons (Fsp3) is 0.333. The summed E-state index contributed by atoms with van der Waals surface area (Å²) in [6.07, 6.45) is 5.13. The molecule has 2 aromatic rings. The number of nitrogens with one attached hydrogen (secondary N) is 1. The molecule has 1 heterocycles. The zero-order chi connectivity index (χ0) is 16.6. The number of carbonyl (C=O) groups excluding carboxylic acids is 2. The first kappa shape index (κ1) is 15.3. The minimum Gasteiger partial charge on any atom is -0.369 e. The predicted octanol–water partition coefficient (Wildman–Crippen LogP) is 2.04. The molecule has 0 saturated carbocycles. The Kier molecular flexibility index (Phi) is 3.94. The normalized spacial score (nSPS) is 20.6. The molecule has 0 aliphatic heterocycles. The predicted molar refractivity (Wildman–Crippen MR) is 90.0 cm³/mol. The van der Waals surface area contributed by atoms with E-state index >= 15 is 0 Å². The van der Waals surface area contributed by atoms with Crippen molar-refractivity contribution in [3.8, 4) is 0 Å². The summed E-state index contributed by atoms with van der Waals surface area (Å²) in [4.78, 5) is 24.2. The van der Waals surface area contributed by atoms with Gasteiger partial charge in [-0.25, -0.2) is 0 Å². The standard InChI is InChI=1S/C18H21N3O2/c1-11-7-8-15-12(9-11)10-16(21(15)2)18(23)20-14-6-4-3-5-13(14)17(19)22/h3-4,7-10,13-14H,5-6H2,1-2H3,(H2,19,22)(H,20,23)/t13-,14-/m1/s1. The van der Waals surface area contributed by atoms with Crippen molar-refractivity contribution in [2.45, 2.75) is 25.8 Å². The zero-order valence-corrected chi connectivity index (χ0v) is 13.4. The molecule has 5 nitrogen and oxygen atoms in total. The van der Waals surface area contributed by atoms with Crippen LogP contribution in [0.4, 0.5) is 0 Å². The van der Waals surface area contributed by atoms with E-state index in [2.05, 4.69) is 11.4 Å². The van der Waals surface area contributed by atoms with Crippen LogP contribution < -0.4 is 11.1 Å². The highest BCUT2D eigenvalue weighted by Gasteiger charge is 2.29. The molecule has 1 aromatic heterocycles. The van der Waals surface area contributed by atoms with Gasteiger partial charge in [0.1, 0.15) is 5.69 Å². The minimum absolute atomic E-state index is 0.173. The number of nitrogens with two attached hydrogens (primary N) is 1. The highest BCUT2D eigenvalue weighted by molar-refractivity contribution is 5.99. The minimum atomic E-state index is -0.368. The van der Waals surface area contributed by atoms with Gasteiger partial charge in [0.15, 0.2) is 0 Å². The summed E-state index contributed by atoms with van der Waals surface area (Å²) in [5, 5.41) is 4.01. The van der Waals surface area contributed by atoms with Crippen LogP contribution in [0.2, 0.25) is 0 Å². The van der Waals surface area contributed by atoms with E-state index in [0.717, 1.165) is 16.5 Å². The van der Waals surface area contributed by atoms with Gasteiger partial charge < -0.3 is 15.6 Å². The SMILES string of the molecule is Cc1ccc2c(c1)cc(C(=O)N[C@@H]1CC=CC[C@H]1C(N)=O)n2C. The molecule has 3 N–H and O–H groups in total. The number of fused-ring (bicyclic) bond motifs is 1. The van der Waals surface area contributed by atoms with Gasteiger partial charge in [-0.2, -0.15) is 0 Å². The van der Waals surface area contributed by atoms with Crippen molar-refractivity contribution < 1.29 is 9.59 Å². The van der Waals surface area contributed by atoms with Gasteiger partial charge in [0.2, 0.25) is 5.91 Å². The van der Waals surface area contributed by atoms with Crippen LogP contribution in [-0.4, -0.2) is 22.4 Å². The number of aryl methyl sites for hydroxylation is 2. The fourth-order valence-corrected chi connectivity index (χ4v) is 3.22. The number of nitrogens with zero attached hydrogens (tertiary/aromatic N) is 1. The van der Waals surface area contributed by atoms with E-state index in [0.29, 0.717) is 18.5 Å². The summed E-state index contributed by atoms with van der Waals surface area (Å²) in [6, 6.07) is 7.73. The summed E-state index contributed by atoms with van der Waals surface area (Å²) in [5.41, 5.74) is 8.20. The van der Waals surface area contributed by atoms with Gasteiger partial charge in [-0.05, 0) is 38.0 Å². The van der Waals surface area contributed by atoms with Gasteiger partial charge in [0.25, 0.3) is 5.91 Å². The molecule has 0 radical (unpaired) electrons. The molecule has 5 heteroatoms. The number of hydrogen-bond acceptors (Lipinski definition) is 2. The third-order valence-corrected chi connectivity index (χ3v) is 4.54. The molecular weight excluding hydrogens is 290 g/mol. The maximum atomic E-state index is 12.6. The lowest BCUT2D eigenvalue weighted by molar-refractivity contribution is -0.122. The molecule has 0 fully saturated rings. The Bertz CT molecular complexity index is 804. The van der Waals surface area contributed by atoms with Crippen LogP contribution in [0.3, 0.4) is 0 Å². The van der Waals surface area contributed by atoms with E-state index in [1.54, 1.807) is 0 Å². The third-order valence-electron chi connectivity index (χ3n) is 4.54. The number of allylic oxidation sites excluding steroid dienone is 1. The molecule has 2 atom stereocenters. The Balaban J connectivity index is 1.87.